The van der Waals surface area contributed by atoms with E-state index in [0.717, 1.165) is 11.4 Å². The molecule has 1 aliphatic heterocycles. The van der Waals surface area contributed by atoms with Gasteiger partial charge in [0.05, 0.1) is 0 Å². The Hall–Kier alpha value is -0.110. The van der Waals surface area contributed by atoms with Gasteiger partial charge in [-0.25, -0.2) is 0 Å². The first kappa shape index (κ1) is 3.09. The lowest BCUT2D eigenvalue weighted by Crippen LogP contribution is -2.04. The van der Waals surface area contributed by atoms with Crippen molar-refractivity contribution < 1.29 is 0 Å². The summed E-state index contributed by atoms with van der Waals surface area (Å²) in [4.78, 5) is 0. The summed E-state index contributed by atoms with van der Waals surface area (Å²) in [6.07, 6.45) is 0. The molecule has 28 valence electrons. The zero-order chi connectivity index (χ0) is 3.70. The smallest absolute Gasteiger partial charge is 0.0378 e. The SMILES string of the molecule is NC1=CSC1. The van der Waals surface area contributed by atoms with E-state index in [1.165, 1.54) is 0 Å². The van der Waals surface area contributed by atoms with Gasteiger partial charge in [-0.05, 0) is 5.41 Å². The molecule has 0 amide bonds. The Kier molecular flexibility index (Phi) is 0.580. The molecule has 0 aliphatic carbocycles. The van der Waals surface area contributed by atoms with Gasteiger partial charge in [0.2, 0.25) is 0 Å². The van der Waals surface area contributed by atoms with Gasteiger partial charge >= 0.3 is 0 Å². The van der Waals surface area contributed by atoms with Gasteiger partial charge in [0, 0.05) is 11.4 Å². The summed E-state index contributed by atoms with van der Waals surface area (Å²) in [7, 11) is 0. The number of hydrogen-bond donors (Lipinski definition) is 1. The molecule has 5 heavy (non-hydrogen) atoms. The Balaban J connectivity index is 2.51. The van der Waals surface area contributed by atoms with Crippen molar-refractivity contribution in [1.29, 1.82) is 0 Å². The van der Waals surface area contributed by atoms with E-state index in [4.69, 9.17) is 5.73 Å². The van der Waals surface area contributed by atoms with E-state index in [9.17, 15) is 0 Å². The summed E-state index contributed by atoms with van der Waals surface area (Å²) < 4.78 is 0. The predicted octanol–water partition coefficient (Wildman–Crippen LogP) is 0.533. The quantitative estimate of drug-likeness (QED) is 0.466. The van der Waals surface area contributed by atoms with Crippen LogP contribution in [0.1, 0.15) is 0 Å². The Morgan fingerprint density at radius 1 is 2.00 bits per heavy atom. The fraction of sp³-hybridized carbons (Fsp3) is 0.333. The molecule has 1 aliphatic rings. The lowest BCUT2D eigenvalue weighted by molar-refractivity contribution is 1.32. The van der Waals surface area contributed by atoms with Gasteiger partial charge in [0.15, 0.2) is 0 Å². The number of thioether (sulfide) groups is 1. The average Bonchev–Trinajstić information content (AvgIpc) is 1.30. The number of nitrogens with two attached hydrogens (primary N) is 1. The molecular weight excluding hydrogens is 82.1 g/mol. The lowest BCUT2D eigenvalue weighted by Gasteiger charge is -2.04. The molecule has 0 aromatic rings. The largest absolute Gasteiger partial charge is 0.401 e. The third kappa shape index (κ3) is 0.401. The van der Waals surface area contributed by atoms with Crippen molar-refractivity contribution in [3.8, 4) is 0 Å². The van der Waals surface area contributed by atoms with E-state index < -0.39 is 0 Å². The Morgan fingerprint density at radius 2 is 2.40 bits per heavy atom. The molecule has 0 saturated carbocycles. The predicted molar refractivity (Wildman–Crippen MR) is 24.7 cm³/mol. The van der Waals surface area contributed by atoms with E-state index in [1.807, 2.05) is 5.41 Å². The van der Waals surface area contributed by atoms with Crippen LogP contribution in [0.5, 0.6) is 0 Å². The number of hydrogen-bond acceptors (Lipinski definition) is 2. The highest BCUT2D eigenvalue weighted by Gasteiger charge is 1.96. The van der Waals surface area contributed by atoms with Crippen LogP contribution in [0, 0.1) is 0 Å². The van der Waals surface area contributed by atoms with E-state index in [2.05, 4.69) is 0 Å². The first-order chi connectivity index (χ1) is 2.39. The molecular formula is C3H5NS. The summed E-state index contributed by atoms with van der Waals surface area (Å²) in [5.74, 6) is 1.04. The van der Waals surface area contributed by atoms with Gasteiger partial charge in [-0.3, -0.25) is 0 Å². The molecule has 1 nitrogen and oxygen atoms in total. The van der Waals surface area contributed by atoms with Crippen molar-refractivity contribution in [3.63, 3.8) is 0 Å². The first-order valence-electron chi connectivity index (χ1n) is 1.46. The van der Waals surface area contributed by atoms with Crippen LogP contribution in [0.3, 0.4) is 0 Å². The molecule has 1 rings (SSSR count). The fourth-order valence-electron chi connectivity index (χ4n) is 0.180. The van der Waals surface area contributed by atoms with Crippen LogP contribution in [0.4, 0.5) is 0 Å². The molecule has 0 atom stereocenters. The Morgan fingerprint density at radius 3 is 2.40 bits per heavy atom. The van der Waals surface area contributed by atoms with Crippen LogP contribution in [0.25, 0.3) is 0 Å². The molecule has 0 fully saturated rings. The summed E-state index contributed by atoms with van der Waals surface area (Å²) in [6.45, 7) is 0. The standard InChI is InChI=1S/C3H5NS/c4-3-1-5-2-3/h1H,2,4H2. The van der Waals surface area contributed by atoms with E-state index in [-0.39, 0.29) is 0 Å². The molecule has 0 spiro atoms. The summed E-state index contributed by atoms with van der Waals surface area (Å²) in [5, 5.41) is 1.96. The molecule has 2 heteroatoms. The second kappa shape index (κ2) is 0.937. The second-order valence-corrected chi connectivity index (χ2v) is 1.86. The fourth-order valence-corrected chi connectivity index (χ4v) is 0.539. The summed E-state index contributed by atoms with van der Waals surface area (Å²) >= 11 is 1.76. The Labute approximate surface area is 35.2 Å². The van der Waals surface area contributed by atoms with Crippen LogP contribution in [0.2, 0.25) is 0 Å². The van der Waals surface area contributed by atoms with Crippen molar-refractivity contribution in [3.05, 3.63) is 11.1 Å². The average molecular weight is 87.1 g/mol. The van der Waals surface area contributed by atoms with Gasteiger partial charge in [-0.1, -0.05) is 0 Å². The normalized spacial score (nSPS) is 20.4. The van der Waals surface area contributed by atoms with E-state index in [0.29, 0.717) is 0 Å². The van der Waals surface area contributed by atoms with Crippen LogP contribution in [-0.4, -0.2) is 5.75 Å². The lowest BCUT2D eigenvalue weighted by atomic mass is 10.6. The molecule has 1 heterocycles. The maximum absolute atomic E-state index is 5.22. The minimum Gasteiger partial charge on any atom is -0.401 e. The van der Waals surface area contributed by atoms with E-state index in [1.54, 1.807) is 11.8 Å². The van der Waals surface area contributed by atoms with Crippen molar-refractivity contribution in [2.24, 2.45) is 5.73 Å². The molecule has 2 N–H and O–H groups in total. The Bertz CT molecular complexity index is 67.3. The molecule has 0 unspecified atom stereocenters. The van der Waals surface area contributed by atoms with Crippen molar-refractivity contribution >= 4 is 11.8 Å². The van der Waals surface area contributed by atoms with Crippen molar-refractivity contribution in [2.75, 3.05) is 5.75 Å². The van der Waals surface area contributed by atoms with Gasteiger partial charge in [-0.2, -0.15) is 0 Å². The van der Waals surface area contributed by atoms with Crippen LogP contribution < -0.4 is 5.73 Å². The van der Waals surface area contributed by atoms with Gasteiger partial charge in [0.25, 0.3) is 0 Å². The molecule has 0 saturated heterocycles. The maximum atomic E-state index is 5.22. The molecule has 0 aromatic carbocycles. The molecule has 0 aromatic heterocycles. The van der Waals surface area contributed by atoms with Gasteiger partial charge < -0.3 is 5.73 Å². The van der Waals surface area contributed by atoms with Crippen molar-refractivity contribution in [2.45, 2.75) is 0 Å². The third-order valence-electron chi connectivity index (χ3n) is 0.485. The topological polar surface area (TPSA) is 26.0 Å². The van der Waals surface area contributed by atoms with Crippen LogP contribution in [-0.2, 0) is 0 Å². The second-order valence-electron chi connectivity index (χ2n) is 1.00. The number of rotatable bonds is 0. The van der Waals surface area contributed by atoms with Crippen LogP contribution >= 0.6 is 11.8 Å². The van der Waals surface area contributed by atoms with E-state index >= 15 is 0 Å². The molecule has 0 bridgehead atoms. The highest BCUT2D eigenvalue weighted by atomic mass is 32.2. The first-order valence-corrected chi connectivity index (χ1v) is 2.50. The zero-order valence-electron chi connectivity index (χ0n) is 2.77. The van der Waals surface area contributed by atoms with Crippen LogP contribution in [0.15, 0.2) is 11.1 Å². The maximum Gasteiger partial charge on any atom is 0.0378 e. The van der Waals surface area contributed by atoms with Gasteiger partial charge in [0.1, 0.15) is 0 Å². The zero-order valence-corrected chi connectivity index (χ0v) is 3.59. The third-order valence-corrected chi connectivity index (χ3v) is 1.45. The highest BCUT2D eigenvalue weighted by Crippen LogP contribution is 2.16. The monoisotopic (exact) mass is 87.0 g/mol. The highest BCUT2D eigenvalue weighted by molar-refractivity contribution is 8.03. The minimum absolute atomic E-state index is 1.02. The van der Waals surface area contributed by atoms with Gasteiger partial charge in [-0.15, -0.1) is 11.8 Å². The minimum atomic E-state index is 1.02. The van der Waals surface area contributed by atoms with Crippen molar-refractivity contribution in [1.82, 2.24) is 0 Å². The molecule has 0 radical (unpaired) electrons. The summed E-state index contributed by atoms with van der Waals surface area (Å²) in [6, 6.07) is 0. The summed E-state index contributed by atoms with van der Waals surface area (Å²) in [5.41, 5.74) is 6.24.